The molecule has 2 atom stereocenters. The van der Waals surface area contributed by atoms with Gasteiger partial charge < -0.3 is 10.7 Å². The maximum Gasteiger partial charge on any atom is 0.236 e. The topological polar surface area (TPSA) is 71.8 Å². The number of amides is 1. The summed E-state index contributed by atoms with van der Waals surface area (Å²) in [6.45, 7) is 2.80. The lowest BCUT2D eigenvalue weighted by Gasteiger charge is -2.33. The van der Waals surface area contributed by atoms with Gasteiger partial charge in [-0.3, -0.25) is 4.79 Å². The first-order valence-corrected chi connectivity index (χ1v) is 10.4. The Morgan fingerprint density at radius 1 is 1.11 bits per heavy atom. The van der Waals surface area contributed by atoms with E-state index in [1.807, 2.05) is 65.3 Å². The number of unbranched alkanes of at least 4 members (excludes halogenated alkanes) is 1. The Balaban J connectivity index is 1.67. The van der Waals surface area contributed by atoms with Gasteiger partial charge in [-0.25, -0.2) is 4.68 Å². The summed E-state index contributed by atoms with van der Waals surface area (Å²) in [6.07, 6.45) is 2.02. The summed E-state index contributed by atoms with van der Waals surface area (Å²) in [5.74, 6) is 0.768. The van der Waals surface area contributed by atoms with Crippen LogP contribution in [0.15, 0.2) is 65.8 Å². The van der Waals surface area contributed by atoms with Gasteiger partial charge in [0.15, 0.2) is 5.82 Å². The summed E-state index contributed by atoms with van der Waals surface area (Å²) in [4.78, 5) is 12.9. The highest BCUT2D eigenvalue weighted by molar-refractivity contribution is 8.00. The van der Waals surface area contributed by atoms with E-state index in [0.29, 0.717) is 11.7 Å². The van der Waals surface area contributed by atoms with E-state index in [1.165, 1.54) is 11.8 Å². The zero-order valence-electron chi connectivity index (χ0n) is 15.7. The fourth-order valence-electron chi connectivity index (χ4n) is 3.23. The van der Waals surface area contributed by atoms with Crippen LogP contribution in [0.1, 0.15) is 31.4 Å². The van der Waals surface area contributed by atoms with Gasteiger partial charge in [-0.1, -0.05) is 85.8 Å². The molecule has 0 bridgehead atoms. The minimum absolute atomic E-state index is 0.0234. The minimum atomic E-state index is -0.320. The van der Waals surface area contributed by atoms with Crippen molar-refractivity contribution in [3.63, 3.8) is 0 Å². The van der Waals surface area contributed by atoms with E-state index >= 15 is 0 Å². The number of aromatic nitrogens is 3. The highest BCUT2D eigenvalue weighted by atomic mass is 32.2. The number of thioether (sulfide) groups is 1. The van der Waals surface area contributed by atoms with E-state index in [1.54, 1.807) is 0 Å². The molecule has 0 fully saturated rings. The van der Waals surface area contributed by atoms with E-state index in [-0.39, 0.29) is 17.2 Å². The standard InChI is InChI=1S/C21H23N5OS/c1-2-3-14-22-20(27)18-17(15-10-6-4-7-11-15)25-26-19(23-24-21(26)28-18)16-12-8-5-9-13-16/h4-13,17-18,25H,2-3,14H2,1H3,(H,22,27)/t17-,18+/m0/s1. The SMILES string of the molecule is CCCCNC(=O)[C@@H]1Sc2nnc(-c3ccccc3)n2N[C@H]1c1ccccc1. The molecule has 0 unspecified atom stereocenters. The maximum atomic E-state index is 12.9. The van der Waals surface area contributed by atoms with Crippen LogP contribution in [0.2, 0.25) is 0 Å². The summed E-state index contributed by atoms with van der Waals surface area (Å²) < 4.78 is 1.90. The van der Waals surface area contributed by atoms with Crippen molar-refractivity contribution in [2.24, 2.45) is 0 Å². The van der Waals surface area contributed by atoms with E-state index in [0.717, 1.165) is 29.8 Å². The molecule has 0 aliphatic carbocycles. The fraction of sp³-hybridized carbons (Fsp3) is 0.286. The van der Waals surface area contributed by atoms with Crippen molar-refractivity contribution in [2.45, 2.75) is 36.2 Å². The van der Waals surface area contributed by atoms with Crippen molar-refractivity contribution >= 4 is 17.7 Å². The van der Waals surface area contributed by atoms with Crippen molar-refractivity contribution in [3.8, 4) is 11.4 Å². The molecular weight excluding hydrogens is 370 g/mol. The molecule has 144 valence electrons. The third kappa shape index (κ3) is 3.75. The number of benzene rings is 2. The Bertz CT molecular complexity index is 928. The molecule has 0 spiro atoms. The Labute approximate surface area is 168 Å². The second-order valence-corrected chi connectivity index (χ2v) is 7.82. The number of carbonyl (C=O) groups excluding carboxylic acids is 1. The van der Waals surface area contributed by atoms with Crippen molar-refractivity contribution in [3.05, 3.63) is 66.2 Å². The first kappa shape index (κ1) is 18.6. The van der Waals surface area contributed by atoms with Crippen molar-refractivity contribution in [1.29, 1.82) is 0 Å². The van der Waals surface area contributed by atoms with Crippen LogP contribution in [-0.4, -0.2) is 32.6 Å². The zero-order valence-corrected chi connectivity index (χ0v) is 16.5. The average molecular weight is 394 g/mol. The quantitative estimate of drug-likeness (QED) is 0.626. The lowest BCUT2D eigenvalue weighted by Crippen LogP contribution is -2.44. The van der Waals surface area contributed by atoms with Crippen molar-refractivity contribution in [2.75, 3.05) is 12.0 Å². The largest absolute Gasteiger partial charge is 0.355 e. The number of hydrogen-bond donors (Lipinski definition) is 2. The molecule has 4 rings (SSSR count). The van der Waals surface area contributed by atoms with Crippen LogP contribution >= 0.6 is 11.8 Å². The molecule has 6 nitrogen and oxygen atoms in total. The third-order valence-corrected chi connectivity index (χ3v) is 5.93. The van der Waals surface area contributed by atoms with Crippen LogP contribution in [0, 0.1) is 0 Å². The molecule has 2 heterocycles. The Morgan fingerprint density at radius 3 is 2.54 bits per heavy atom. The van der Waals surface area contributed by atoms with Gasteiger partial charge in [0, 0.05) is 12.1 Å². The van der Waals surface area contributed by atoms with Crippen LogP contribution in [-0.2, 0) is 4.79 Å². The molecule has 28 heavy (non-hydrogen) atoms. The maximum absolute atomic E-state index is 12.9. The van der Waals surface area contributed by atoms with Gasteiger partial charge in [0.05, 0.1) is 6.04 Å². The first-order valence-electron chi connectivity index (χ1n) is 9.54. The van der Waals surface area contributed by atoms with Crippen molar-refractivity contribution in [1.82, 2.24) is 20.2 Å². The molecule has 0 radical (unpaired) electrons. The lowest BCUT2D eigenvalue weighted by atomic mass is 10.0. The summed E-state index contributed by atoms with van der Waals surface area (Å²) >= 11 is 1.46. The van der Waals surface area contributed by atoms with Crippen LogP contribution < -0.4 is 10.7 Å². The smallest absolute Gasteiger partial charge is 0.236 e. The Hall–Kier alpha value is -2.80. The van der Waals surface area contributed by atoms with Gasteiger partial charge in [-0.05, 0) is 12.0 Å². The van der Waals surface area contributed by atoms with E-state index in [9.17, 15) is 4.79 Å². The molecule has 3 aromatic rings. The third-order valence-electron chi connectivity index (χ3n) is 4.72. The number of hydrogen-bond acceptors (Lipinski definition) is 5. The van der Waals surface area contributed by atoms with Gasteiger partial charge >= 0.3 is 0 Å². The van der Waals surface area contributed by atoms with E-state index < -0.39 is 0 Å². The predicted molar refractivity (Wildman–Crippen MR) is 112 cm³/mol. The monoisotopic (exact) mass is 393 g/mol. The molecule has 1 aromatic heterocycles. The average Bonchev–Trinajstić information content (AvgIpc) is 3.17. The van der Waals surface area contributed by atoms with Gasteiger partial charge in [-0.15, -0.1) is 10.2 Å². The number of carbonyl (C=O) groups is 1. The van der Waals surface area contributed by atoms with Crippen LogP contribution in [0.4, 0.5) is 0 Å². The van der Waals surface area contributed by atoms with E-state index in [4.69, 9.17) is 0 Å². The molecule has 2 N–H and O–H groups in total. The Morgan fingerprint density at radius 2 is 1.82 bits per heavy atom. The normalized spacial score (nSPS) is 18.2. The predicted octanol–water partition coefficient (Wildman–Crippen LogP) is 3.62. The molecule has 2 aromatic carbocycles. The fourth-order valence-corrected chi connectivity index (χ4v) is 4.33. The molecule has 1 amide bonds. The van der Waals surface area contributed by atoms with Crippen LogP contribution in [0.25, 0.3) is 11.4 Å². The zero-order chi connectivity index (χ0) is 19.3. The molecule has 1 aliphatic heterocycles. The van der Waals surface area contributed by atoms with Gasteiger partial charge in [0.1, 0.15) is 5.25 Å². The molecule has 0 saturated carbocycles. The summed E-state index contributed by atoms with van der Waals surface area (Å²) in [5.41, 5.74) is 5.53. The van der Waals surface area contributed by atoms with Crippen LogP contribution in [0.3, 0.4) is 0 Å². The minimum Gasteiger partial charge on any atom is -0.355 e. The summed E-state index contributed by atoms with van der Waals surface area (Å²) in [6, 6.07) is 19.8. The summed E-state index contributed by atoms with van der Waals surface area (Å²) in [7, 11) is 0. The first-order chi connectivity index (χ1) is 13.8. The lowest BCUT2D eigenvalue weighted by molar-refractivity contribution is -0.120. The number of nitrogens with one attached hydrogen (secondary N) is 2. The molecular formula is C21H23N5OS. The number of rotatable bonds is 6. The van der Waals surface area contributed by atoms with Crippen molar-refractivity contribution < 1.29 is 4.79 Å². The number of fused-ring (bicyclic) bond motifs is 1. The van der Waals surface area contributed by atoms with Gasteiger partial charge in [0.25, 0.3) is 0 Å². The molecule has 7 heteroatoms. The van der Waals surface area contributed by atoms with Gasteiger partial charge in [-0.2, -0.15) is 0 Å². The molecule has 0 saturated heterocycles. The van der Waals surface area contributed by atoms with E-state index in [2.05, 4.69) is 27.9 Å². The second kappa shape index (κ2) is 8.48. The highest BCUT2D eigenvalue weighted by Crippen LogP contribution is 2.38. The summed E-state index contributed by atoms with van der Waals surface area (Å²) in [5, 5.41) is 12.1. The number of nitrogens with zero attached hydrogens (tertiary/aromatic N) is 3. The second-order valence-electron chi connectivity index (χ2n) is 6.71. The highest BCUT2D eigenvalue weighted by Gasteiger charge is 2.37. The molecule has 1 aliphatic rings. The Kier molecular flexibility index (Phi) is 5.62. The van der Waals surface area contributed by atoms with Crippen LogP contribution in [0.5, 0.6) is 0 Å². The van der Waals surface area contributed by atoms with Gasteiger partial charge in [0.2, 0.25) is 11.1 Å².